The fourth-order valence-corrected chi connectivity index (χ4v) is 9.07. The number of para-hydroxylation sites is 2. The molecule has 0 saturated heterocycles. The molecule has 0 spiro atoms. The van der Waals surface area contributed by atoms with Crippen molar-refractivity contribution < 1.29 is 46.5 Å². The Kier molecular flexibility index (Phi) is 19.8. The van der Waals surface area contributed by atoms with Crippen molar-refractivity contribution in [2.45, 2.75) is 134 Å². The number of hydrogen-bond acceptors (Lipinski definition) is 8. The van der Waals surface area contributed by atoms with Crippen LogP contribution in [-0.2, 0) is 36.2 Å². The van der Waals surface area contributed by atoms with Gasteiger partial charge in [-0.3, -0.25) is 29.2 Å². The van der Waals surface area contributed by atoms with E-state index in [0.717, 1.165) is 44.8 Å². The van der Waals surface area contributed by atoms with Gasteiger partial charge in [0.15, 0.2) is 23.1 Å². The summed E-state index contributed by atoms with van der Waals surface area (Å²) in [4.78, 5) is 63.2. The molecule has 377 valence electrons. The SMILES string of the molecule is CC(C)C1=CC(=O)C(c2cc(C(C)C)c(N=Cc3ccccc3[O-])c(C(C)C)c2)=C(C(C)C)C1=O.CC(C)C1=CC(=O)C(c2cc(C(C)C)c(N=Cc3ccccc3[O-])c(C(C)C)c2)=C(C(C)C)C1=O.[Cu+2]. The van der Waals surface area contributed by atoms with Crippen LogP contribution in [0.3, 0.4) is 0 Å². The number of rotatable bonds is 14. The predicted molar refractivity (Wildman–Crippen MR) is 285 cm³/mol. The number of hydrogen-bond donors (Lipinski definition) is 0. The molecule has 4 aromatic rings. The number of carbonyl (C=O) groups excluding carboxylic acids is 4. The van der Waals surface area contributed by atoms with Gasteiger partial charge in [0.05, 0.1) is 11.4 Å². The fraction of sp³-hybridized carbons (Fsp3) is 0.387. The molecule has 0 unspecified atom stereocenters. The molecule has 4 aromatic carbocycles. The third kappa shape index (κ3) is 12.9. The van der Waals surface area contributed by atoms with Gasteiger partial charge < -0.3 is 10.2 Å². The van der Waals surface area contributed by atoms with Crippen LogP contribution in [0.4, 0.5) is 11.4 Å². The average molecular weight is 1000 g/mol. The molecule has 2 aliphatic rings. The summed E-state index contributed by atoms with van der Waals surface area (Å²) >= 11 is 0. The summed E-state index contributed by atoms with van der Waals surface area (Å²) in [5.41, 5.74) is 11.5. The molecule has 0 N–H and O–H groups in total. The summed E-state index contributed by atoms with van der Waals surface area (Å²) in [5, 5.41) is 24.4. The molecule has 0 saturated carbocycles. The van der Waals surface area contributed by atoms with Crippen molar-refractivity contribution in [1.29, 1.82) is 0 Å². The number of nitrogens with zero attached hydrogens (tertiary/aromatic N) is 2. The van der Waals surface area contributed by atoms with E-state index >= 15 is 0 Å². The molecular formula is C62H72CuN2O6. The molecule has 9 heteroatoms. The van der Waals surface area contributed by atoms with Crippen LogP contribution in [0.5, 0.6) is 11.5 Å². The van der Waals surface area contributed by atoms with Gasteiger partial charge in [-0.15, -0.1) is 11.5 Å². The zero-order valence-electron chi connectivity index (χ0n) is 44.5. The average Bonchev–Trinajstić information content (AvgIpc) is 3.28. The molecule has 0 heterocycles. The molecule has 1 radical (unpaired) electrons. The second-order valence-corrected chi connectivity index (χ2v) is 21.0. The van der Waals surface area contributed by atoms with Gasteiger partial charge in [0.2, 0.25) is 0 Å². The number of benzene rings is 4. The summed E-state index contributed by atoms with van der Waals surface area (Å²) in [6.07, 6.45) is 6.30. The van der Waals surface area contributed by atoms with Crippen molar-refractivity contribution in [1.82, 2.24) is 0 Å². The second-order valence-electron chi connectivity index (χ2n) is 21.0. The Hall–Kier alpha value is -6.02. The van der Waals surface area contributed by atoms with Crippen LogP contribution < -0.4 is 10.2 Å². The minimum atomic E-state index is -0.113. The Morgan fingerprint density at radius 2 is 0.690 bits per heavy atom. The van der Waals surface area contributed by atoms with E-state index in [0.29, 0.717) is 44.6 Å². The summed E-state index contributed by atoms with van der Waals surface area (Å²) in [6.45, 7) is 32.4. The third-order valence-electron chi connectivity index (χ3n) is 12.9. The van der Waals surface area contributed by atoms with Crippen LogP contribution in [0.1, 0.15) is 179 Å². The van der Waals surface area contributed by atoms with Crippen molar-refractivity contribution in [3.05, 3.63) is 152 Å². The summed E-state index contributed by atoms with van der Waals surface area (Å²) < 4.78 is 0. The second kappa shape index (κ2) is 24.4. The van der Waals surface area contributed by atoms with Gasteiger partial charge >= 0.3 is 17.1 Å². The molecule has 0 fully saturated rings. The molecule has 0 amide bonds. The van der Waals surface area contributed by atoms with Crippen molar-refractivity contribution in [2.24, 2.45) is 33.7 Å². The Bertz CT molecular complexity index is 2620. The number of allylic oxidation sites excluding steroid dienone is 8. The molecule has 8 nitrogen and oxygen atoms in total. The van der Waals surface area contributed by atoms with Gasteiger partial charge in [-0.25, -0.2) is 0 Å². The fourth-order valence-electron chi connectivity index (χ4n) is 9.07. The van der Waals surface area contributed by atoms with Crippen LogP contribution in [0.25, 0.3) is 11.1 Å². The molecule has 71 heavy (non-hydrogen) atoms. The van der Waals surface area contributed by atoms with E-state index < -0.39 is 0 Å². The standard InChI is InChI=1S/2C31H37NO3.Cu/c2*1-17(2)23-13-22(29-27(34)15-25(19(5)6)31(35)28(29)20(7)8)14-24(18(3)4)30(23)32-16-21-11-9-10-12-26(21)33;/h2*9-20,33H,1-8H3;/q;;+2/p-2. The van der Waals surface area contributed by atoms with E-state index in [2.05, 4.69) is 55.4 Å². The third-order valence-corrected chi connectivity index (χ3v) is 12.9. The Morgan fingerprint density at radius 3 is 0.930 bits per heavy atom. The summed E-state index contributed by atoms with van der Waals surface area (Å²) in [6, 6.07) is 21.7. The monoisotopic (exact) mass is 1000 g/mol. The molecular weight excluding hydrogens is 932 g/mol. The Balaban J connectivity index is 0.000000304. The smallest absolute Gasteiger partial charge is 0.872 e. The number of aliphatic imine (C=N–C) groups is 2. The maximum Gasteiger partial charge on any atom is 2.00 e. The summed E-state index contributed by atoms with van der Waals surface area (Å²) in [5.74, 6) is -0.125. The van der Waals surface area contributed by atoms with E-state index in [1.54, 1.807) is 36.7 Å². The minimum absolute atomic E-state index is 0. The van der Waals surface area contributed by atoms with Crippen molar-refractivity contribution in [3.8, 4) is 11.5 Å². The number of ketones is 4. The van der Waals surface area contributed by atoms with Crippen LogP contribution >= 0.6 is 0 Å². The van der Waals surface area contributed by atoms with Gasteiger partial charge in [-0.05, 0) is 128 Å². The van der Waals surface area contributed by atoms with Gasteiger partial charge in [0.25, 0.3) is 0 Å². The Labute approximate surface area is 433 Å². The maximum atomic E-state index is 13.4. The van der Waals surface area contributed by atoms with E-state index in [9.17, 15) is 29.4 Å². The van der Waals surface area contributed by atoms with Crippen molar-refractivity contribution in [3.63, 3.8) is 0 Å². The Morgan fingerprint density at radius 1 is 0.408 bits per heavy atom. The van der Waals surface area contributed by atoms with Crippen LogP contribution in [-0.4, -0.2) is 35.6 Å². The van der Waals surface area contributed by atoms with Crippen LogP contribution in [0.15, 0.2) is 117 Å². The molecule has 0 atom stereocenters. The van der Waals surface area contributed by atoms with Gasteiger partial charge in [-0.2, -0.15) is 0 Å². The predicted octanol–water partition coefficient (Wildman–Crippen LogP) is 13.8. The zero-order chi connectivity index (χ0) is 52.0. The van der Waals surface area contributed by atoms with Gasteiger partial charge in [-0.1, -0.05) is 159 Å². The molecule has 0 bridgehead atoms. The first kappa shape index (κ1) is 57.6. The molecule has 6 rings (SSSR count). The zero-order valence-corrected chi connectivity index (χ0v) is 45.4. The molecule has 0 aliphatic heterocycles. The van der Waals surface area contributed by atoms with Crippen LogP contribution in [0.2, 0.25) is 0 Å². The molecule has 2 aliphatic carbocycles. The van der Waals surface area contributed by atoms with E-state index in [-0.39, 0.29) is 99.0 Å². The number of carbonyl (C=O) groups is 4. The first-order valence-corrected chi connectivity index (χ1v) is 24.9. The van der Waals surface area contributed by atoms with E-state index in [1.165, 1.54) is 24.3 Å². The van der Waals surface area contributed by atoms with Crippen molar-refractivity contribution in [2.75, 3.05) is 0 Å². The molecule has 0 aromatic heterocycles. The van der Waals surface area contributed by atoms with E-state index in [4.69, 9.17) is 9.98 Å². The van der Waals surface area contributed by atoms with Crippen molar-refractivity contribution >= 4 is 58.1 Å². The van der Waals surface area contributed by atoms with Gasteiger partial charge in [0.1, 0.15) is 0 Å². The first-order valence-electron chi connectivity index (χ1n) is 24.9. The minimum Gasteiger partial charge on any atom is -0.872 e. The number of Topliss-reactive ketones (excluding diaryl/α,β-unsaturated/α-hetero) is 2. The normalized spacial score (nSPS) is 14.7. The van der Waals surface area contributed by atoms with Gasteiger partial charge in [0, 0.05) is 45.9 Å². The summed E-state index contributed by atoms with van der Waals surface area (Å²) in [7, 11) is 0. The first-order chi connectivity index (χ1) is 32.9. The quantitative estimate of drug-likeness (QED) is 0.0700. The van der Waals surface area contributed by atoms with Crippen LogP contribution in [0, 0.1) is 23.7 Å². The maximum absolute atomic E-state index is 13.4. The topological polar surface area (TPSA) is 139 Å². The largest absolute Gasteiger partial charge is 2.00 e. The van der Waals surface area contributed by atoms with E-state index in [1.807, 2.05) is 91.8 Å².